The summed E-state index contributed by atoms with van der Waals surface area (Å²) in [6, 6.07) is 0. The van der Waals surface area contributed by atoms with E-state index in [9.17, 15) is 0 Å². The van der Waals surface area contributed by atoms with Gasteiger partial charge in [0.2, 0.25) is 0 Å². The quantitative estimate of drug-likeness (QED) is 0.636. The molecule has 1 aliphatic rings. The molecule has 0 bridgehead atoms. The van der Waals surface area contributed by atoms with Gasteiger partial charge in [-0.1, -0.05) is 0 Å². The van der Waals surface area contributed by atoms with Crippen LogP contribution in [-0.2, 0) is 9.47 Å². The molecule has 1 saturated heterocycles. The van der Waals surface area contributed by atoms with Crippen LogP contribution >= 0.6 is 0 Å². The Bertz CT molecular complexity index is 104. The summed E-state index contributed by atoms with van der Waals surface area (Å²) < 4.78 is 10.6. The van der Waals surface area contributed by atoms with E-state index in [2.05, 4.69) is 6.92 Å². The van der Waals surface area contributed by atoms with Crippen LogP contribution in [-0.4, -0.2) is 32.0 Å². The summed E-state index contributed by atoms with van der Waals surface area (Å²) in [6.07, 6.45) is 2.80. The first-order chi connectivity index (χ1) is 5.33. The zero-order valence-corrected chi connectivity index (χ0v) is 7.08. The summed E-state index contributed by atoms with van der Waals surface area (Å²) >= 11 is 0. The van der Waals surface area contributed by atoms with Gasteiger partial charge in [0, 0.05) is 0 Å². The summed E-state index contributed by atoms with van der Waals surface area (Å²) in [6.45, 7) is 4.39. The Balaban J connectivity index is 1.95. The Morgan fingerprint density at radius 3 is 2.82 bits per heavy atom. The minimum absolute atomic E-state index is 0.340. The van der Waals surface area contributed by atoms with E-state index < -0.39 is 0 Å². The molecular formula is C8H17NO2. The molecule has 0 aromatic heterocycles. The molecule has 1 rings (SSSR count). The van der Waals surface area contributed by atoms with E-state index in [1.807, 2.05) is 0 Å². The molecular weight excluding hydrogens is 142 g/mol. The van der Waals surface area contributed by atoms with Gasteiger partial charge in [-0.05, 0) is 26.3 Å². The van der Waals surface area contributed by atoms with Crippen LogP contribution in [0.4, 0.5) is 0 Å². The van der Waals surface area contributed by atoms with Crippen LogP contribution in [0.2, 0.25) is 0 Å². The molecule has 11 heavy (non-hydrogen) atoms. The van der Waals surface area contributed by atoms with Gasteiger partial charge >= 0.3 is 0 Å². The zero-order valence-electron chi connectivity index (χ0n) is 7.08. The Kier molecular flexibility index (Phi) is 3.83. The summed E-state index contributed by atoms with van der Waals surface area (Å²) in [5.41, 5.74) is 5.37. The Labute approximate surface area is 67.9 Å². The zero-order chi connectivity index (χ0) is 8.10. The fraction of sp³-hybridized carbons (Fsp3) is 1.00. The molecule has 1 atom stereocenters. The molecule has 66 valence electrons. The fourth-order valence-corrected chi connectivity index (χ4v) is 1.09. The second kappa shape index (κ2) is 4.70. The molecule has 1 unspecified atom stereocenters. The number of ether oxygens (including phenoxy) is 2. The number of rotatable bonds is 5. The SMILES string of the molecule is CC(CCCN)OC1COC1. The lowest BCUT2D eigenvalue weighted by atomic mass is 10.2. The van der Waals surface area contributed by atoms with Gasteiger partial charge in [-0.15, -0.1) is 0 Å². The van der Waals surface area contributed by atoms with Crippen LogP contribution in [0.15, 0.2) is 0 Å². The summed E-state index contributed by atoms with van der Waals surface area (Å²) in [7, 11) is 0. The molecule has 0 amide bonds. The predicted octanol–water partition coefficient (Wildman–Crippen LogP) is 0.529. The van der Waals surface area contributed by atoms with E-state index in [1.54, 1.807) is 0 Å². The van der Waals surface area contributed by atoms with Crippen LogP contribution in [0.3, 0.4) is 0 Å². The van der Waals surface area contributed by atoms with Crippen molar-refractivity contribution in [2.24, 2.45) is 5.73 Å². The highest BCUT2D eigenvalue weighted by atomic mass is 16.6. The molecule has 0 aromatic carbocycles. The largest absolute Gasteiger partial charge is 0.376 e. The first kappa shape index (κ1) is 8.97. The van der Waals surface area contributed by atoms with E-state index in [1.165, 1.54) is 0 Å². The van der Waals surface area contributed by atoms with Crippen molar-refractivity contribution in [3.63, 3.8) is 0 Å². The van der Waals surface area contributed by atoms with Crippen LogP contribution in [0.25, 0.3) is 0 Å². The molecule has 0 aliphatic carbocycles. The number of hydrogen-bond donors (Lipinski definition) is 1. The van der Waals surface area contributed by atoms with Gasteiger partial charge in [-0.25, -0.2) is 0 Å². The lowest BCUT2D eigenvalue weighted by molar-refractivity contribution is -0.151. The Morgan fingerprint density at radius 2 is 2.36 bits per heavy atom. The molecule has 1 aliphatic heterocycles. The Morgan fingerprint density at radius 1 is 1.64 bits per heavy atom. The van der Waals surface area contributed by atoms with Crippen molar-refractivity contribution in [3.8, 4) is 0 Å². The van der Waals surface area contributed by atoms with Gasteiger partial charge in [-0.2, -0.15) is 0 Å². The molecule has 0 spiro atoms. The minimum atomic E-state index is 0.340. The highest BCUT2D eigenvalue weighted by Gasteiger charge is 2.20. The highest BCUT2D eigenvalue weighted by Crippen LogP contribution is 2.11. The minimum Gasteiger partial charge on any atom is -0.376 e. The van der Waals surface area contributed by atoms with Crippen LogP contribution in [0.5, 0.6) is 0 Å². The molecule has 1 fully saturated rings. The summed E-state index contributed by atoms with van der Waals surface area (Å²) in [5.74, 6) is 0. The third-order valence-electron chi connectivity index (χ3n) is 1.85. The third-order valence-corrected chi connectivity index (χ3v) is 1.85. The summed E-state index contributed by atoms with van der Waals surface area (Å²) in [4.78, 5) is 0. The van der Waals surface area contributed by atoms with E-state index in [0.717, 1.165) is 32.6 Å². The van der Waals surface area contributed by atoms with Gasteiger partial charge in [0.25, 0.3) is 0 Å². The Hall–Kier alpha value is -0.120. The van der Waals surface area contributed by atoms with Gasteiger partial charge in [0.15, 0.2) is 0 Å². The molecule has 1 heterocycles. The van der Waals surface area contributed by atoms with Crippen molar-refractivity contribution in [1.82, 2.24) is 0 Å². The van der Waals surface area contributed by atoms with Crippen molar-refractivity contribution in [1.29, 1.82) is 0 Å². The molecule has 0 saturated carbocycles. The van der Waals surface area contributed by atoms with E-state index >= 15 is 0 Å². The van der Waals surface area contributed by atoms with Crippen molar-refractivity contribution in [2.45, 2.75) is 32.0 Å². The average molecular weight is 159 g/mol. The highest BCUT2D eigenvalue weighted by molar-refractivity contribution is 4.66. The summed E-state index contributed by atoms with van der Waals surface area (Å²) in [5, 5.41) is 0. The standard InChI is InChI=1S/C8H17NO2/c1-7(3-2-4-9)11-8-5-10-6-8/h7-8H,2-6,9H2,1H3. The lowest BCUT2D eigenvalue weighted by Gasteiger charge is -2.29. The molecule has 0 radical (unpaired) electrons. The topological polar surface area (TPSA) is 44.5 Å². The van der Waals surface area contributed by atoms with E-state index in [4.69, 9.17) is 15.2 Å². The maximum absolute atomic E-state index is 5.61. The third kappa shape index (κ3) is 3.18. The first-order valence-electron chi connectivity index (χ1n) is 4.26. The fourth-order valence-electron chi connectivity index (χ4n) is 1.09. The van der Waals surface area contributed by atoms with E-state index in [0.29, 0.717) is 12.2 Å². The van der Waals surface area contributed by atoms with Crippen molar-refractivity contribution in [2.75, 3.05) is 19.8 Å². The smallest absolute Gasteiger partial charge is 0.104 e. The maximum atomic E-state index is 5.61. The maximum Gasteiger partial charge on any atom is 0.104 e. The van der Waals surface area contributed by atoms with Crippen LogP contribution in [0, 0.1) is 0 Å². The second-order valence-electron chi connectivity index (χ2n) is 3.04. The molecule has 2 N–H and O–H groups in total. The second-order valence-corrected chi connectivity index (χ2v) is 3.04. The monoisotopic (exact) mass is 159 g/mol. The van der Waals surface area contributed by atoms with Gasteiger partial charge in [0.1, 0.15) is 6.10 Å². The number of hydrogen-bond acceptors (Lipinski definition) is 3. The molecule has 0 aromatic rings. The lowest BCUT2D eigenvalue weighted by Crippen LogP contribution is -2.38. The average Bonchev–Trinajstić information content (AvgIpc) is 1.93. The number of nitrogens with two attached hydrogens (primary N) is 1. The van der Waals surface area contributed by atoms with Gasteiger partial charge in [-0.3, -0.25) is 0 Å². The first-order valence-corrected chi connectivity index (χ1v) is 4.26. The normalized spacial score (nSPS) is 21.3. The van der Waals surface area contributed by atoms with Gasteiger partial charge in [0.05, 0.1) is 19.3 Å². The van der Waals surface area contributed by atoms with Crippen LogP contribution in [0.1, 0.15) is 19.8 Å². The predicted molar refractivity (Wildman–Crippen MR) is 43.4 cm³/mol. The van der Waals surface area contributed by atoms with Crippen molar-refractivity contribution in [3.05, 3.63) is 0 Å². The van der Waals surface area contributed by atoms with Crippen LogP contribution < -0.4 is 5.73 Å². The van der Waals surface area contributed by atoms with E-state index in [-0.39, 0.29) is 0 Å². The van der Waals surface area contributed by atoms with Crippen molar-refractivity contribution >= 4 is 0 Å². The van der Waals surface area contributed by atoms with Gasteiger partial charge < -0.3 is 15.2 Å². The van der Waals surface area contributed by atoms with Crippen molar-refractivity contribution < 1.29 is 9.47 Å². The molecule has 3 nitrogen and oxygen atoms in total. The molecule has 3 heteroatoms.